The zero-order valence-corrected chi connectivity index (χ0v) is 9.69. The first-order valence-corrected chi connectivity index (χ1v) is 5.98. The number of benzene rings is 1. The van der Waals surface area contributed by atoms with Gasteiger partial charge in [0.15, 0.2) is 0 Å². The molecule has 2 nitrogen and oxygen atoms in total. The van der Waals surface area contributed by atoms with Gasteiger partial charge in [0.25, 0.3) is 0 Å². The third-order valence-corrected chi connectivity index (χ3v) is 2.56. The van der Waals surface area contributed by atoms with Gasteiger partial charge in [-0.05, 0) is 32.2 Å². The Kier molecular flexibility index (Phi) is 4.66. The van der Waals surface area contributed by atoms with E-state index in [1.54, 1.807) is 11.8 Å². The summed E-state index contributed by atoms with van der Waals surface area (Å²) in [6.45, 7) is 5.33. The average Bonchev–Trinajstić information content (AvgIpc) is 2.19. The number of ether oxygens (including phenoxy) is 2. The Bertz CT molecular complexity index is 262. The van der Waals surface area contributed by atoms with Gasteiger partial charge in [-0.3, -0.25) is 0 Å². The van der Waals surface area contributed by atoms with E-state index in [0.29, 0.717) is 13.2 Å². The van der Waals surface area contributed by atoms with Crippen molar-refractivity contribution in [2.75, 3.05) is 19.5 Å². The van der Waals surface area contributed by atoms with E-state index in [4.69, 9.17) is 9.47 Å². The zero-order chi connectivity index (χ0) is 10.4. The first kappa shape index (κ1) is 11.2. The molecular weight excluding hydrogens is 196 g/mol. The predicted octanol–water partition coefficient (Wildman–Crippen LogP) is 3.21. The summed E-state index contributed by atoms with van der Waals surface area (Å²) in [7, 11) is 0. The molecular formula is C11H16O2S. The van der Waals surface area contributed by atoms with E-state index in [0.717, 1.165) is 16.4 Å². The van der Waals surface area contributed by atoms with Crippen molar-refractivity contribution in [2.24, 2.45) is 0 Å². The molecule has 0 unspecified atom stereocenters. The third-order valence-electron chi connectivity index (χ3n) is 1.75. The molecule has 0 heterocycles. The minimum atomic E-state index is 0.684. The fourth-order valence-corrected chi connectivity index (χ4v) is 1.89. The van der Waals surface area contributed by atoms with Crippen LogP contribution in [0.15, 0.2) is 23.1 Å². The summed E-state index contributed by atoms with van der Waals surface area (Å²) in [5.41, 5.74) is 0. The Labute approximate surface area is 89.6 Å². The monoisotopic (exact) mass is 212 g/mol. The molecule has 0 aliphatic heterocycles. The molecule has 0 amide bonds. The topological polar surface area (TPSA) is 18.5 Å². The first-order chi connectivity index (χ1) is 6.83. The maximum Gasteiger partial charge on any atom is 0.136 e. The molecule has 1 aromatic rings. The molecule has 0 saturated carbocycles. The van der Waals surface area contributed by atoms with Crippen molar-refractivity contribution >= 4 is 11.8 Å². The minimum absolute atomic E-state index is 0.684. The van der Waals surface area contributed by atoms with Crippen molar-refractivity contribution in [3.05, 3.63) is 18.2 Å². The van der Waals surface area contributed by atoms with Crippen LogP contribution in [0.5, 0.6) is 11.5 Å². The number of hydrogen-bond donors (Lipinski definition) is 0. The predicted molar refractivity (Wildman–Crippen MR) is 60.6 cm³/mol. The van der Waals surface area contributed by atoms with Crippen molar-refractivity contribution in [3.63, 3.8) is 0 Å². The second-order valence-corrected chi connectivity index (χ2v) is 3.47. The van der Waals surface area contributed by atoms with Crippen molar-refractivity contribution in [1.29, 1.82) is 0 Å². The maximum absolute atomic E-state index is 5.51. The average molecular weight is 212 g/mol. The summed E-state index contributed by atoms with van der Waals surface area (Å²) >= 11 is 1.65. The Morgan fingerprint density at radius 3 is 1.93 bits per heavy atom. The van der Waals surface area contributed by atoms with Crippen LogP contribution in [0.4, 0.5) is 0 Å². The number of thioether (sulfide) groups is 1. The second-order valence-electron chi connectivity index (χ2n) is 2.65. The third kappa shape index (κ3) is 2.58. The quantitative estimate of drug-likeness (QED) is 0.698. The Morgan fingerprint density at radius 2 is 1.57 bits per heavy atom. The highest BCUT2D eigenvalue weighted by Gasteiger charge is 2.08. The standard InChI is InChI=1S/C11H16O2S/c1-4-12-9-7-6-8-10(13-5-2)11(9)14-3/h6-8H,4-5H2,1-3H3. The van der Waals surface area contributed by atoms with Crippen LogP contribution in [0.2, 0.25) is 0 Å². The van der Waals surface area contributed by atoms with E-state index in [-0.39, 0.29) is 0 Å². The maximum atomic E-state index is 5.51. The normalized spacial score (nSPS) is 9.93. The number of rotatable bonds is 5. The highest BCUT2D eigenvalue weighted by atomic mass is 32.2. The number of hydrogen-bond acceptors (Lipinski definition) is 3. The molecule has 0 aromatic heterocycles. The Balaban J connectivity index is 2.98. The second kappa shape index (κ2) is 5.81. The van der Waals surface area contributed by atoms with Gasteiger partial charge in [0, 0.05) is 0 Å². The van der Waals surface area contributed by atoms with Gasteiger partial charge in [0.2, 0.25) is 0 Å². The molecule has 3 heteroatoms. The lowest BCUT2D eigenvalue weighted by Gasteiger charge is -2.12. The molecule has 0 fully saturated rings. The van der Waals surface area contributed by atoms with E-state index in [9.17, 15) is 0 Å². The van der Waals surface area contributed by atoms with Gasteiger partial charge in [-0.2, -0.15) is 0 Å². The van der Waals surface area contributed by atoms with Gasteiger partial charge in [-0.25, -0.2) is 0 Å². The van der Waals surface area contributed by atoms with Gasteiger partial charge in [0.1, 0.15) is 11.5 Å². The van der Waals surface area contributed by atoms with Crippen molar-refractivity contribution in [2.45, 2.75) is 18.7 Å². The van der Waals surface area contributed by atoms with Crippen LogP contribution >= 0.6 is 11.8 Å². The molecule has 0 radical (unpaired) electrons. The summed E-state index contributed by atoms with van der Waals surface area (Å²) in [6.07, 6.45) is 2.03. The van der Waals surface area contributed by atoms with E-state index in [1.807, 2.05) is 38.3 Å². The van der Waals surface area contributed by atoms with Crippen LogP contribution in [0.25, 0.3) is 0 Å². The summed E-state index contributed by atoms with van der Waals surface area (Å²) < 4.78 is 11.0. The molecule has 0 spiro atoms. The molecule has 0 bridgehead atoms. The highest BCUT2D eigenvalue weighted by molar-refractivity contribution is 7.98. The molecule has 1 rings (SSSR count). The molecule has 0 saturated heterocycles. The van der Waals surface area contributed by atoms with Crippen LogP contribution in [0, 0.1) is 0 Å². The van der Waals surface area contributed by atoms with Crippen LogP contribution in [0.3, 0.4) is 0 Å². The lowest BCUT2D eigenvalue weighted by atomic mass is 10.3. The fourth-order valence-electron chi connectivity index (χ4n) is 1.24. The van der Waals surface area contributed by atoms with Crippen LogP contribution in [0.1, 0.15) is 13.8 Å². The fraction of sp³-hybridized carbons (Fsp3) is 0.455. The van der Waals surface area contributed by atoms with Gasteiger partial charge in [-0.15, -0.1) is 11.8 Å². The van der Waals surface area contributed by atoms with E-state index >= 15 is 0 Å². The minimum Gasteiger partial charge on any atom is -0.493 e. The van der Waals surface area contributed by atoms with Crippen molar-refractivity contribution in [3.8, 4) is 11.5 Å². The van der Waals surface area contributed by atoms with Crippen molar-refractivity contribution in [1.82, 2.24) is 0 Å². The van der Waals surface area contributed by atoms with E-state index in [2.05, 4.69) is 0 Å². The van der Waals surface area contributed by atoms with Crippen LogP contribution in [-0.4, -0.2) is 19.5 Å². The Morgan fingerprint density at radius 1 is 1.07 bits per heavy atom. The van der Waals surface area contributed by atoms with Gasteiger partial charge >= 0.3 is 0 Å². The zero-order valence-electron chi connectivity index (χ0n) is 8.87. The largest absolute Gasteiger partial charge is 0.493 e. The molecule has 0 atom stereocenters. The molecule has 1 aromatic carbocycles. The van der Waals surface area contributed by atoms with Crippen molar-refractivity contribution < 1.29 is 9.47 Å². The SMILES string of the molecule is CCOc1cccc(OCC)c1SC. The Hall–Kier alpha value is -0.830. The smallest absolute Gasteiger partial charge is 0.136 e. The lowest BCUT2D eigenvalue weighted by Crippen LogP contribution is -1.97. The van der Waals surface area contributed by atoms with Gasteiger partial charge in [-0.1, -0.05) is 6.07 Å². The van der Waals surface area contributed by atoms with Crippen LogP contribution < -0.4 is 9.47 Å². The summed E-state index contributed by atoms with van der Waals surface area (Å²) in [5, 5.41) is 0. The van der Waals surface area contributed by atoms with Crippen LogP contribution in [-0.2, 0) is 0 Å². The summed E-state index contributed by atoms with van der Waals surface area (Å²) in [6, 6.07) is 5.89. The summed E-state index contributed by atoms with van der Waals surface area (Å²) in [4.78, 5) is 1.08. The first-order valence-electron chi connectivity index (χ1n) is 4.76. The highest BCUT2D eigenvalue weighted by Crippen LogP contribution is 2.36. The molecule has 14 heavy (non-hydrogen) atoms. The van der Waals surface area contributed by atoms with E-state index < -0.39 is 0 Å². The molecule has 0 aliphatic carbocycles. The van der Waals surface area contributed by atoms with Gasteiger partial charge < -0.3 is 9.47 Å². The molecule has 0 N–H and O–H groups in total. The summed E-state index contributed by atoms with van der Waals surface area (Å²) in [5.74, 6) is 1.82. The molecule has 0 aliphatic rings. The lowest BCUT2D eigenvalue weighted by molar-refractivity contribution is 0.309. The van der Waals surface area contributed by atoms with Gasteiger partial charge in [0.05, 0.1) is 18.1 Å². The molecule has 78 valence electrons. The van der Waals surface area contributed by atoms with E-state index in [1.165, 1.54) is 0 Å².